The fourth-order valence-electron chi connectivity index (χ4n) is 3.84. The molecule has 2 aromatic carbocycles. The lowest BCUT2D eigenvalue weighted by molar-refractivity contribution is -0.120. The maximum absolute atomic E-state index is 13.2. The van der Waals surface area contributed by atoms with Crippen molar-refractivity contribution in [3.63, 3.8) is 0 Å². The first-order valence-corrected chi connectivity index (χ1v) is 10.8. The average molecular weight is 414 g/mol. The average Bonchev–Trinajstić information content (AvgIpc) is 2.91. The Morgan fingerprint density at radius 3 is 2.62 bits per heavy atom. The number of hydrogen-bond acceptors (Lipinski definition) is 6. The number of aliphatic hydroxyl groups is 1. The Balaban J connectivity index is 1.59. The molecule has 1 amide bonds. The minimum atomic E-state index is -0.673. The van der Waals surface area contributed by atoms with Crippen molar-refractivity contribution in [1.82, 2.24) is 10.2 Å². The Hall–Kier alpha value is -2.06. The molecule has 2 atom stereocenters. The second kappa shape index (κ2) is 9.17. The SMILES string of the molecule is COc1ccc([C@@H]2Sc3ccccc3N(C(=O)CN3CCNCC3)C[C@@H]2O)cc1. The number of anilines is 1. The number of aliphatic hydroxyl groups excluding tert-OH is 1. The number of fused-ring (bicyclic) bond motifs is 1. The summed E-state index contributed by atoms with van der Waals surface area (Å²) in [4.78, 5) is 18.1. The van der Waals surface area contributed by atoms with Gasteiger partial charge in [-0.25, -0.2) is 0 Å². The highest BCUT2D eigenvalue weighted by molar-refractivity contribution is 7.99. The van der Waals surface area contributed by atoms with E-state index in [4.69, 9.17) is 4.74 Å². The molecule has 6 nitrogen and oxygen atoms in total. The van der Waals surface area contributed by atoms with E-state index in [0.29, 0.717) is 6.54 Å². The van der Waals surface area contributed by atoms with E-state index in [1.165, 1.54) is 0 Å². The fourth-order valence-corrected chi connectivity index (χ4v) is 5.11. The molecule has 0 aliphatic carbocycles. The van der Waals surface area contributed by atoms with Crippen LogP contribution in [0, 0.1) is 0 Å². The standard InChI is InChI=1S/C22H27N3O3S/c1-28-17-8-6-16(7-9-17)22-19(26)14-25(18-4-2-3-5-20(18)29-22)21(27)15-24-12-10-23-11-13-24/h2-9,19,22-23,26H,10-15H2,1H3/t19-,22-/m0/s1. The zero-order valence-electron chi connectivity index (χ0n) is 16.6. The predicted molar refractivity (Wildman–Crippen MR) is 116 cm³/mol. The number of rotatable bonds is 4. The molecule has 1 saturated heterocycles. The molecule has 2 N–H and O–H groups in total. The van der Waals surface area contributed by atoms with Crippen molar-refractivity contribution in [3.05, 3.63) is 54.1 Å². The number of hydrogen-bond donors (Lipinski definition) is 2. The lowest BCUT2D eigenvalue weighted by Crippen LogP contribution is -2.49. The van der Waals surface area contributed by atoms with E-state index < -0.39 is 6.10 Å². The highest BCUT2D eigenvalue weighted by Crippen LogP contribution is 2.45. The first-order chi connectivity index (χ1) is 14.2. The highest BCUT2D eigenvalue weighted by Gasteiger charge is 2.33. The Labute approximate surface area is 175 Å². The Bertz CT molecular complexity index is 839. The van der Waals surface area contributed by atoms with Gasteiger partial charge in [-0.15, -0.1) is 11.8 Å². The van der Waals surface area contributed by atoms with Crippen molar-refractivity contribution >= 4 is 23.4 Å². The van der Waals surface area contributed by atoms with Gasteiger partial charge in [0.1, 0.15) is 5.75 Å². The van der Waals surface area contributed by atoms with Crippen LogP contribution in [-0.2, 0) is 4.79 Å². The molecule has 154 valence electrons. The zero-order chi connectivity index (χ0) is 20.2. The van der Waals surface area contributed by atoms with E-state index in [9.17, 15) is 9.90 Å². The van der Waals surface area contributed by atoms with E-state index in [-0.39, 0.29) is 17.7 Å². The van der Waals surface area contributed by atoms with Gasteiger partial charge in [0, 0.05) is 31.1 Å². The number of thioether (sulfide) groups is 1. The van der Waals surface area contributed by atoms with Crippen LogP contribution in [0.4, 0.5) is 5.69 Å². The van der Waals surface area contributed by atoms with Crippen LogP contribution >= 0.6 is 11.8 Å². The minimum Gasteiger partial charge on any atom is -0.497 e. The van der Waals surface area contributed by atoms with Crippen LogP contribution in [0.1, 0.15) is 10.8 Å². The van der Waals surface area contributed by atoms with Gasteiger partial charge in [0.05, 0.1) is 37.2 Å². The number of piperazine rings is 1. The number of para-hydroxylation sites is 1. The number of nitrogens with zero attached hydrogens (tertiary/aromatic N) is 2. The normalized spacial score (nSPS) is 22.6. The first kappa shape index (κ1) is 20.2. The molecule has 2 aliphatic rings. The molecule has 4 rings (SSSR count). The van der Waals surface area contributed by atoms with E-state index in [2.05, 4.69) is 10.2 Å². The Morgan fingerprint density at radius 2 is 1.90 bits per heavy atom. The van der Waals surface area contributed by atoms with Crippen molar-refractivity contribution in [2.75, 3.05) is 51.3 Å². The third-order valence-corrected chi connectivity index (χ3v) is 6.88. The molecule has 0 unspecified atom stereocenters. The summed E-state index contributed by atoms with van der Waals surface area (Å²) in [6.07, 6.45) is -0.673. The number of nitrogens with one attached hydrogen (secondary N) is 1. The largest absolute Gasteiger partial charge is 0.497 e. The molecule has 0 spiro atoms. The summed E-state index contributed by atoms with van der Waals surface area (Å²) in [6.45, 7) is 4.20. The number of ether oxygens (including phenoxy) is 1. The Morgan fingerprint density at radius 1 is 1.17 bits per heavy atom. The van der Waals surface area contributed by atoms with Crippen molar-refractivity contribution in [1.29, 1.82) is 0 Å². The van der Waals surface area contributed by atoms with Crippen LogP contribution in [0.25, 0.3) is 0 Å². The van der Waals surface area contributed by atoms with Gasteiger partial charge >= 0.3 is 0 Å². The number of carbonyl (C=O) groups excluding carboxylic acids is 1. The van der Waals surface area contributed by atoms with Crippen LogP contribution in [-0.4, -0.2) is 68.4 Å². The van der Waals surface area contributed by atoms with Crippen molar-refractivity contribution in [2.45, 2.75) is 16.2 Å². The van der Waals surface area contributed by atoms with Crippen LogP contribution in [0.5, 0.6) is 5.75 Å². The number of methoxy groups -OCH3 is 1. The highest BCUT2D eigenvalue weighted by atomic mass is 32.2. The third-order valence-electron chi connectivity index (χ3n) is 5.44. The summed E-state index contributed by atoms with van der Waals surface area (Å²) in [5.41, 5.74) is 1.90. The maximum Gasteiger partial charge on any atom is 0.241 e. The zero-order valence-corrected chi connectivity index (χ0v) is 17.4. The van der Waals surface area contributed by atoms with Gasteiger partial charge in [0.15, 0.2) is 0 Å². The summed E-state index contributed by atoms with van der Waals surface area (Å²) >= 11 is 1.61. The molecule has 0 aromatic heterocycles. The summed E-state index contributed by atoms with van der Waals surface area (Å²) in [5.74, 6) is 0.824. The molecule has 0 bridgehead atoms. The lowest BCUT2D eigenvalue weighted by Gasteiger charge is -2.30. The maximum atomic E-state index is 13.2. The van der Waals surface area contributed by atoms with Crippen molar-refractivity contribution in [2.24, 2.45) is 0 Å². The molecule has 29 heavy (non-hydrogen) atoms. The lowest BCUT2D eigenvalue weighted by atomic mass is 10.1. The number of carbonyl (C=O) groups is 1. The fraction of sp³-hybridized carbons (Fsp3) is 0.409. The van der Waals surface area contributed by atoms with Gasteiger partial charge in [-0.05, 0) is 29.8 Å². The van der Waals surface area contributed by atoms with Crippen molar-refractivity contribution in [3.8, 4) is 5.75 Å². The summed E-state index contributed by atoms with van der Waals surface area (Å²) in [7, 11) is 1.64. The van der Waals surface area contributed by atoms with Crippen LogP contribution < -0.4 is 15.0 Å². The quantitative estimate of drug-likeness (QED) is 0.801. The molecule has 2 aliphatic heterocycles. The molecule has 1 fully saturated rings. The monoisotopic (exact) mass is 413 g/mol. The van der Waals surface area contributed by atoms with E-state index in [1.807, 2.05) is 48.5 Å². The third kappa shape index (κ3) is 4.59. The molecule has 2 aromatic rings. The molecular weight excluding hydrogens is 386 g/mol. The minimum absolute atomic E-state index is 0.0365. The Kier molecular flexibility index (Phi) is 6.40. The predicted octanol–water partition coefficient (Wildman–Crippen LogP) is 2.14. The summed E-state index contributed by atoms with van der Waals surface area (Å²) in [6, 6.07) is 15.7. The van der Waals surface area contributed by atoms with Crippen LogP contribution in [0.15, 0.2) is 53.4 Å². The number of β-amino-alcohol motifs (C(OH)–C–C–N with tert-alkyl or cyclic N) is 1. The van der Waals surface area contributed by atoms with E-state index in [1.54, 1.807) is 23.8 Å². The molecule has 0 radical (unpaired) electrons. The second-order valence-electron chi connectivity index (χ2n) is 7.38. The number of benzene rings is 2. The van der Waals surface area contributed by atoms with Crippen LogP contribution in [0.2, 0.25) is 0 Å². The van der Waals surface area contributed by atoms with Gasteiger partial charge in [-0.2, -0.15) is 0 Å². The van der Waals surface area contributed by atoms with Gasteiger partial charge in [0.25, 0.3) is 0 Å². The molecule has 7 heteroatoms. The summed E-state index contributed by atoms with van der Waals surface area (Å²) < 4.78 is 5.25. The topological polar surface area (TPSA) is 65.0 Å². The van der Waals surface area contributed by atoms with Gasteiger partial charge in [-0.3, -0.25) is 9.69 Å². The van der Waals surface area contributed by atoms with Gasteiger partial charge in [0.2, 0.25) is 5.91 Å². The van der Waals surface area contributed by atoms with E-state index in [0.717, 1.165) is 48.1 Å². The molecule has 0 saturated carbocycles. The van der Waals surface area contributed by atoms with Crippen molar-refractivity contribution < 1.29 is 14.6 Å². The first-order valence-electron chi connectivity index (χ1n) is 9.97. The molecular formula is C22H27N3O3S. The smallest absolute Gasteiger partial charge is 0.241 e. The summed E-state index contributed by atoms with van der Waals surface area (Å²) in [5, 5.41) is 14.2. The van der Waals surface area contributed by atoms with Gasteiger partial charge in [-0.1, -0.05) is 24.3 Å². The molecule has 2 heterocycles. The van der Waals surface area contributed by atoms with Gasteiger partial charge < -0.3 is 20.1 Å². The van der Waals surface area contributed by atoms with E-state index >= 15 is 0 Å². The van der Waals surface area contributed by atoms with Crippen LogP contribution in [0.3, 0.4) is 0 Å². The number of amides is 1. The second-order valence-corrected chi connectivity index (χ2v) is 8.56.